The van der Waals surface area contributed by atoms with E-state index >= 15 is 0 Å². The molecule has 1 aromatic rings. The average molecular weight is 508 g/mol. The summed E-state index contributed by atoms with van der Waals surface area (Å²) in [7, 11) is 0.645. The third kappa shape index (κ3) is 5.63. The number of benzene rings is 1. The van der Waals surface area contributed by atoms with Crippen LogP contribution in [0.4, 0.5) is 5.69 Å². The maximum atomic E-state index is 11.6. The van der Waals surface area contributed by atoms with Crippen molar-refractivity contribution >= 4 is 45.5 Å². The van der Waals surface area contributed by atoms with Gasteiger partial charge in [-0.3, -0.25) is 4.99 Å². The minimum absolute atomic E-state index is 0. The Morgan fingerprint density at radius 2 is 1.96 bits per heavy atom. The number of anilines is 1. The molecule has 1 aromatic carbocycles. The fourth-order valence-electron chi connectivity index (χ4n) is 3.65. The molecule has 0 amide bonds. The highest BCUT2D eigenvalue weighted by molar-refractivity contribution is 14.0. The number of ether oxygens (including phenoxy) is 1. The molecule has 9 heteroatoms. The number of methoxy groups -OCH3 is 1. The third-order valence-corrected chi connectivity index (χ3v) is 6.93. The zero-order chi connectivity index (χ0) is 18.6. The first-order valence-electron chi connectivity index (χ1n) is 9.06. The van der Waals surface area contributed by atoms with Crippen LogP contribution >= 0.6 is 24.0 Å². The van der Waals surface area contributed by atoms with Crippen molar-refractivity contribution in [2.24, 2.45) is 10.9 Å². The number of nitrogens with zero attached hydrogens (tertiary/aromatic N) is 3. The zero-order valence-corrected chi connectivity index (χ0v) is 19.1. The summed E-state index contributed by atoms with van der Waals surface area (Å²) in [5.41, 5.74) is 1.12. The number of rotatable bonds is 4. The number of halogens is 1. The number of piperazine rings is 1. The van der Waals surface area contributed by atoms with Crippen LogP contribution in [0.5, 0.6) is 5.75 Å². The quantitative estimate of drug-likeness (QED) is 0.377. The van der Waals surface area contributed by atoms with E-state index in [1.165, 1.54) is 0 Å². The van der Waals surface area contributed by atoms with Gasteiger partial charge in [-0.1, -0.05) is 12.1 Å². The van der Waals surface area contributed by atoms with E-state index in [0.717, 1.165) is 50.0 Å². The van der Waals surface area contributed by atoms with Gasteiger partial charge in [0.2, 0.25) is 0 Å². The number of nitrogens with one attached hydrogen (secondary N) is 1. The molecule has 152 valence electrons. The predicted molar refractivity (Wildman–Crippen MR) is 120 cm³/mol. The molecule has 1 atom stereocenters. The van der Waals surface area contributed by atoms with Crippen molar-refractivity contribution in [1.82, 2.24) is 10.2 Å². The Morgan fingerprint density at radius 3 is 2.56 bits per heavy atom. The molecule has 3 rings (SSSR count). The van der Waals surface area contributed by atoms with E-state index in [-0.39, 0.29) is 29.9 Å². The van der Waals surface area contributed by atoms with Gasteiger partial charge in [0.1, 0.15) is 5.75 Å². The summed E-state index contributed by atoms with van der Waals surface area (Å²) in [4.78, 5) is 8.94. The lowest BCUT2D eigenvalue weighted by Crippen LogP contribution is -2.53. The van der Waals surface area contributed by atoms with Crippen LogP contribution in [-0.2, 0) is 9.84 Å². The Bertz CT molecular complexity index is 749. The highest BCUT2D eigenvalue weighted by Gasteiger charge is 2.28. The van der Waals surface area contributed by atoms with Gasteiger partial charge in [0.25, 0.3) is 0 Å². The van der Waals surface area contributed by atoms with Crippen molar-refractivity contribution in [3.8, 4) is 5.75 Å². The average Bonchev–Trinajstić information content (AvgIpc) is 3.01. The van der Waals surface area contributed by atoms with Crippen LogP contribution in [0.3, 0.4) is 0 Å². The van der Waals surface area contributed by atoms with Gasteiger partial charge in [-0.05, 0) is 24.5 Å². The molecule has 0 spiro atoms. The van der Waals surface area contributed by atoms with Crippen LogP contribution in [0.1, 0.15) is 6.42 Å². The molecule has 2 heterocycles. The molecule has 0 bridgehead atoms. The Morgan fingerprint density at radius 1 is 1.26 bits per heavy atom. The number of guanidine groups is 1. The van der Waals surface area contributed by atoms with E-state index in [4.69, 9.17) is 4.74 Å². The number of sulfone groups is 1. The molecular weight excluding hydrogens is 479 g/mol. The van der Waals surface area contributed by atoms with E-state index in [1.807, 2.05) is 18.2 Å². The second-order valence-corrected chi connectivity index (χ2v) is 9.07. The van der Waals surface area contributed by atoms with Gasteiger partial charge >= 0.3 is 0 Å². The SMILES string of the molecule is CN=C(NCC1CCS(=O)(=O)C1)N1CCN(c2ccccc2OC)CC1.I. The van der Waals surface area contributed by atoms with E-state index < -0.39 is 9.84 Å². The molecule has 2 saturated heterocycles. The maximum absolute atomic E-state index is 11.6. The minimum atomic E-state index is -2.83. The van der Waals surface area contributed by atoms with Crippen molar-refractivity contribution in [1.29, 1.82) is 0 Å². The van der Waals surface area contributed by atoms with Crippen LogP contribution in [0.25, 0.3) is 0 Å². The van der Waals surface area contributed by atoms with Crippen LogP contribution < -0.4 is 15.0 Å². The molecule has 0 aromatic heterocycles. The number of hydrogen-bond donors (Lipinski definition) is 1. The van der Waals surface area contributed by atoms with Crippen molar-refractivity contribution in [2.75, 3.05) is 63.3 Å². The van der Waals surface area contributed by atoms with Crippen LogP contribution in [0.15, 0.2) is 29.3 Å². The summed E-state index contributed by atoms with van der Waals surface area (Å²) in [6.45, 7) is 4.16. The molecule has 2 aliphatic heterocycles. The second-order valence-electron chi connectivity index (χ2n) is 6.84. The summed E-state index contributed by atoms with van der Waals surface area (Å²) in [5.74, 6) is 2.54. The van der Waals surface area contributed by atoms with E-state index in [1.54, 1.807) is 14.2 Å². The van der Waals surface area contributed by atoms with Crippen LogP contribution in [0, 0.1) is 5.92 Å². The Balaban J connectivity index is 0.00000261. The number of hydrogen-bond acceptors (Lipinski definition) is 5. The predicted octanol–water partition coefficient (Wildman–Crippen LogP) is 1.45. The Labute approximate surface area is 179 Å². The molecule has 2 aliphatic rings. The summed E-state index contributed by atoms with van der Waals surface area (Å²) in [6.07, 6.45) is 0.744. The van der Waals surface area contributed by atoms with E-state index in [9.17, 15) is 8.42 Å². The maximum Gasteiger partial charge on any atom is 0.193 e. The van der Waals surface area contributed by atoms with Gasteiger partial charge in [-0.2, -0.15) is 0 Å². The molecule has 2 fully saturated rings. The molecule has 7 nitrogen and oxygen atoms in total. The van der Waals surface area contributed by atoms with Crippen LogP contribution in [0.2, 0.25) is 0 Å². The van der Waals surface area contributed by atoms with Crippen LogP contribution in [-0.4, -0.2) is 77.7 Å². The Kier molecular flexibility index (Phi) is 8.02. The van der Waals surface area contributed by atoms with Crippen molar-refractivity contribution in [2.45, 2.75) is 6.42 Å². The summed E-state index contributed by atoms with van der Waals surface area (Å²) in [6, 6.07) is 8.08. The molecule has 27 heavy (non-hydrogen) atoms. The van der Waals surface area contributed by atoms with E-state index in [2.05, 4.69) is 26.2 Å². The van der Waals surface area contributed by atoms with Gasteiger partial charge < -0.3 is 19.9 Å². The van der Waals surface area contributed by atoms with Gasteiger partial charge in [0.05, 0.1) is 24.3 Å². The minimum Gasteiger partial charge on any atom is -0.495 e. The standard InChI is InChI=1S/C18H28N4O3S.HI/c1-19-18(20-13-15-7-12-26(23,24)14-15)22-10-8-21(9-11-22)16-5-3-4-6-17(16)25-2;/h3-6,15H,7-14H2,1-2H3,(H,19,20);1H. The molecular formula is C18H29IN4O3S. The van der Waals surface area contributed by atoms with Crippen molar-refractivity contribution in [3.63, 3.8) is 0 Å². The second kappa shape index (κ2) is 9.81. The van der Waals surface area contributed by atoms with Crippen molar-refractivity contribution in [3.05, 3.63) is 24.3 Å². The Hall–Kier alpha value is -1.23. The van der Waals surface area contributed by atoms with Gasteiger partial charge in [-0.15, -0.1) is 24.0 Å². The normalized spacial score (nSPS) is 22.3. The molecule has 0 aliphatic carbocycles. The number of para-hydroxylation sites is 2. The lowest BCUT2D eigenvalue weighted by atomic mass is 10.1. The molecule has 1 unspecified atom stereocenters. The first-order chi connectivity index (χ1) is 12.5. The molecule has 0 radical (unpaired) electrons. The molecule has 1 N–H and O–H groups in total. The van der Waals surface area contributed by atoms with E-state index in [0.29, 0.717) is 18.1 Å². The number of aliphatic imine (C=N–C) groups is 1. The van der Waals surface area contributed by atoms with Crippen molar-refractivity contribution < 1.29 is 13.2 Å². The third-order valence-electron chi connectivity index (χ3n) is 5.09. The van der Waals surface area contributed by atoms with Gasteiger partial charge in [0.15, 0.2) is 15.8 Å². The lowest BCUT2D eigenvalue weighted by molar-refractivity contribution is 0.364. The first-order valence-corrected chi connectivity index (χ1v) is 10.9. The zero-order valence-electron chi connectivity index (χ0n) is 15.9. The fraction of sp³-hybridized carbons (Fsp3) is 0.611. The fourth-order valence-corrected chi connectivity index (χ4v) is 5.51. The smallest absolute Gasteiger partial charge is 0.193 e. The topological polar surface area (TPSA) is 74.2 Å². The van der Waals surface area contributed by atoms with Gasteiger partial charge in [-0.25, -0.2) is 8.42 Å². The first kappa shape index (κ1) is 22.1. The molecule has 0 saturated carbocycles. The lowest BCUT2D eigenvalue weighted by Gasteiger charge is -2.38. The summed E-state index contributed by atoms with van der Waals surface area (Å²) < 4.78 is 28.7. The van der Waals surface area contributed by atoms with Gasteiger partial charge in [0, 0.05) is 39.8 Å². The monoisotopic (exact) mass is 508 g/mol. The highest BCUT2D eigenvalue weighted by Crippen LogP contribution is 2.28. The largest absolute Gasteiger partial charge is 0.495 e. The summed E-state index contributed by atoms with van der Waals surface area (Å²) >= 11 is 0. The summed E-state index contributed by atoms with van der Waals surface area (Å²) in [5, 5.41) is 3.36. The highest BCUT2D eigenvalue weighted by atomic mass is 127.